The van der Waals surface area contributed by atoms with Crippen LogP contribution >= 0.6 is 0 Å². The molecule has 0 aromatic heterocycles. The van der Waals surface area contributed by atoms with Crippen LogP contribution in [0.1, 0.15) is 47.5 Å². The summed E-state index contributed by atoms with van der Waals surface area (Å²) in [5.41, 5.74) is -0.610. The third-order valence-electron chi connectivity index (χ3n) is 3.79. The van der Waals surface area contributed by atoms with Gasteiger partial charge in [-0.3, -0.25) is 4.79 Å². The van der Waals surface area contributed by atoms with Crippen LogP contribution in [0.2, 0.25) is 0 Å². The lowest BCUT2D eigenvalue weighted by Crippen LogP contribution is -2.52. The maximum absolute atomic E-state index is 12.0. The fourth-order valence-electron chi connectivity index (χ4n) is 2.01. The van der Waals surface area contributed by atoms with Crippen molar-refractivity contribution in [3.8, 4) is 0 Å². The summed E-state index contributed by atoms with van der Waals surface area (Å²) < 4.78 is 5.16. The first-order valence-electron chi connectivity index (χ1n) is 7.33. The third kappa shape index (κ3) is 6.39. The molecule has 0 aliphatic rings. The molecule has 19 heavy (non-hydrogen) atoms. The Hall–Kier alpha value is -0.610. The average molecular weight is 272 g/mol. The van der Waals surface area contributed by atoms with Crippen LogP contribution in [0.15, 0.2) is 0 Å². The van der Waals surface area contributed by atoms with Crippen LogP contribution in [0.5, 0.6) is 0 Å². The number of nitrogens with zero attached hydrogens (tertiary/aromatic N) is 1. The normalized spacial score (nSPS) is 16.5. The van der Waals surface area contributed by atoms with Crippen LogP contribution < -0.4 is 5.32 Å². The lowest BCUT2D eigenvalue weighted by atomic mass is 9.93. The molecular weight excluding hydrogens is 240 g/mol. The van der Waals surface area contributed by atoms with Crippen LogP contribution in [-0.4, -0.2) is 49.7 Å². The summed E-state index contributed by atoms with van der Waals surface area (Å²) in [7, 11) is 3.94. The zero-order valence-electron chi connectivity index (χ0n) is 13.7. The number of ether oxygens (including phenoxy) is 1. The highest BCUT2D eigenvalue weighted by atomic mass is 16.5. The minimum absolute atomic E-state index is 0.165. The van der Waals surface area contributed by atoms with Crippen molar-refractivity contribution in [1.82, 2.24) is 10.2 Å². The van der Waals surface area contributed by atoms with E-state index in [-0.39, 0.29) is 5.97 Å². The maximum atomic E-state index is 12.0. The van der Waals surface area contributed by atoms with E-state index in [9.17, 15) is 4.79 Å². The van der Waals surface area contributed by atoms with Crippen molar-refractivity contribution in [2.75, 3.05) is 27.2 Å². The quantitative estimate of drug-likeness (QED) is 0.654. The van der Waals surface area contributed by atoms with Gasteiger partial charge >= 0.3 is 5.97 Å². The molecule has 2 unspecified atom stereocenters. The molecule has 0 spiro atoms. The SMILES string of the molecule is CCOC(=O)C(C)(CC(C)N(C)CCC(C)C)NC. The molecule has 0 bridgehead atoms. The van der Waals surface area contributed by atoms with Gasteiger partial charge in [-0.25, -0.2) is 0 Å². The van der Waals surface area contributed by atoms with E-state index >= 15 is 0 Å². The number of likely N-dealkylation sites (N-methyl/N-ethyl adjacent to an activating group) is 1. The van der Waals surface area contributed by atoms with Gasteiger partial charge in [0.2, 0.25) is 0 Å². The topological polar surface area (TPSA) is 41.6 Å². The zero-order chi connectivity index (χ0) is 15.1. The number of hydrogen-bond acceptors (Lipinski definition) is 4. The molecule has 0 amide bonds. The van der Waals surface area contributed by atoms with E-state index in [4.69, 9.17) is 4.74 Å². The second-order valence-corrected chi connectivity index (χ2v) is 6.02. The summed E-state index contributed by atoms with van der Waals surface area (Å²) in [4.78, 5) is 14.3. The molecule has 4 nitrogen and oxygen atoms in total. The molecule has 0 saturated heterocycles. The predicted octanol–water partition coefficient (Wildman–Crippen LogP) is 2.28. The second-order valence-electron chi connectivity index (χ2n) is 6.02. The predicted molar refractivity (Wildman–Crippen MR) is 80.3 cm³/mol. The van der Waals surface area contributed by atoms with E-state index in [0.29, 0.717) is 18.6 Å². The fraction of sp³-hybridized carbons (Fsp3) is 0.933. The van der Waals surface area contributed by atoms with E-state index in [2.05, 4.69) is 38.0 Å². The molecule has 0 saturated carbocycles. The van der Waals surface area contributed by atoms with E-state index in [1.165, 1.54) is 6.42 Å². The Morgan fingerprint density at radius 2 is 1.95 bits per heavy atom. The van der Waals surface area contributed by atoms with Gasteiger partial charge in [0.15, 0.2) is 0 Å². The van der Waals surface area contributed by atoms with Gasteiger partial charge in [0, 0.05) is 6.04 Å². The molecule has 4 heteroatoms. The molecule has 0 radical (unpaired) electrons. The molecule has 0 fully saturated rings. The molecular formula is C15H32N2O2. The van der Waals surface area contributed by atoms with Gasteiger partial charge in [-0.15, -0.1) is 0 Å². The van der Waals surface area contributed by atoms with Crippen LogP contribution in [0.4, 0.5) is 0 Å². The summed E-state index contributed by atoms with van der Waals surface area (Å²) >= 11 is 0. The van der Waals surface area contributed by atoms with E-state index in [1.54, 1.807) is 0 Å². The highest BCUT2D eigenvalue weighted by molar-refractivity contribution is 5.80. The van der Waals surface area contributed by atoms with Gasteiger partial charge in [-0.1, -0.05) is 13.8 Å². The summed E-state index contributed by atoms with van der Waals surface area (Å²) in [6, 6.07) is 0.334. The molecule has 0 aromatic rings. The summed E-state index contributed by atoms with van der Waals surface area (Å²) in [6.45, 7) is 11.9. The Morgan fingerprint density at radius 3 is 2.37 bits per heavy atom. The third-order valence-corrected chi connectivity index (χ3v) is 3.79. The Morgan fingerprint density at radius 1 is 1.37 bits per heavy atom. The van der Waals surface area contributed by atoms with Gasteiger partial charge in [0.25, 0.3) is 0 Å². The van der Waals surface area contributed by atoms with Crippen molar-refractivity contribution in [3.63, 3.8) is 0 Å². The molecule has 114 valence electrons. The first kappa shape index (κ1) is 18.4. The van der Waals surface area contributed by atoms with Gasteiger partial charge in [0.05, 0.1) is 6.61 Å². The molecule has 0 aliphatic carbocycles. The fourth-order valence-corrected chi connectivity index (χ4v) is 2.01. The Bertz CT molecular complexity index is 269. The zero-order valence-corrected chi connectivity index (χ0v) is 13.7. The smallest absolute Gasteiger partial charge is 0.326 e. The minimum Gasteiger partial charge on any atom is -0.465 e. The van der Waals surface area contributed by atoms with Crippen molar-refractivity contribution in [2.45, 2.75) is 59.0 Å². The number of carbonyl (C=O) groups excluding carboxylic acids is 1. The summed E-state index contributed by atoms with van der Waals surface area (Å²) in [6.07, 6.45) is 1.92. The number of rotatable bonds is 9. The van der Waals surface area contributed by atoms with Crippen molar-refractivity contribution in [2.24, 2.45) is 5.92 Å². The van der Waals surface area contributed by atoms with Crippen LogP contribution in [0, 0.1) is 5.92 Å². The number of hydrogen-bond donors (Lipinski definition) is 1. The van der Waals surface area contributed by atoms with Crippen molar-refractivity contribution < 1.29 is 9.53 Å². The van der Waals surface area contributed by atoms with Gasteiger partial charge < -0.3 is 15.0 Å². The van der Waals surface area contributed by atoms with Crippen LogP contribution in [-0.2, 0) is 9.53 Å². The Kier molecular flexibility index (Phi) is 8.26. The van der Waals surface area contributed by atoms with Crippen molar-refractivity contribution >= 4 is 5.97 Å². The minimum atomic E-state index is -0.610. The highest BCUT2D eigenvalue weighted by Crippen LogP contribution is 2.18. The average Bonchev–Trinajstić information content (AvgIpc) is 2.35. The maximum Gasteiger partial charge on any atom is 0.326 e. The number of esters is 1. The first-order valence-corrected chi connectivity index (χ1v) is 7.33. The van der Waals surface area contributed by atoms with Gasteiger partial charge in [0.1, 0.15) is 5.54 Å². The first-order chi connectivity index (χ1) is 8.76. The van der Waals surface area contributed by atoms with Gasteiger partial charge in [-0.05, 0) is 60.2 Å². The molecule has 0 aliphatic heterocycles. The van der Waals surface area contributed by atoms with E-state index in [0.717, 1.165) is 13.0 Å². The lowest BCUT2D eigenvalue weighted by Gasteiger charge is -2.34. The molecule has 0 heterocycles. The van der Waals surface area contributed by atoms with E-state index in [1.807, 2.05) is 20.9 Å². The monoisotopic (exact) mass is 272 g/mol. The summed E-state index contributed by atoms with van der Waals surface area (Å²) in [5.74, 6) is 0.539. The Balaban J connectivity index is 4.47. The Labute approximate surface area is 118 Å². The second kappa shape index (κ2) is 8.54. The number of carbonyl (C=O) groups is 1. The van der Waals surface area contributed by atoms with Gasteiger partial charge in [-0.2, -0.15) is 0 Å². The largest absolute Gasteiger partial charge is 0.465 e. The molecule has 0 rings (SSSR count). The van der Waals surface area contributed by atoms with E-state index < -0.39 is 5.54 Å². The molecule has 2 atom stereocenters. The highest BCUT2D eigenvalue weighted by Gasteiger charge is 2.35. The van der Waals surface area contributed by atoms with Crippen molar-refractivity contribution in [3.05, 3.63) is 0 Å². The molecule has 1 N–H and O–H groups in total. The van der Waals surface area contributed by atoms with Crippen LogP contribution in [0.25, 0.3) is 0 Å². The molecule has 0 aromatic carbocycles. The number of nitrogens with one attached hydrogen (secondary N) is 1. The standard InChI is InChI=1S/C15H32N2O2/c1-8-19-14(18)15(5,16-6)11-13(4)17(7)10-9-12(2)3/h12-13,16H,8-11H2,1-7H3. The summed E-state index contributed by atoms with van der Waals surface area (Å²) in [5, 5.41) is 3.11. The lowest BCUT2D eigenvalue weighted by molar-refractivity contribution is -0.151. The van der Waals surface area contributed by atoms with Crippen molar-refractivity contribution in [1.29, 1.82) is 0 Å². The van der Waals surface area contributed by atoms with Crippen LogP contribution in [0.3, 0.4) is 0 Å².